The highest BCUT2D eigenvalue weighted by molar-refractivity contribution is 6.05. The predicted molar refractivity (Wildman–Crippen MR) is 111 cm³/mol. The van der Waals surface area contributed by atoms with Crippen molar-refractivity contribution < 1.29 is 23.5 Å². The molecule has 2 heterocycles. The summed E-state index contributed by atoms with van der Waals surface area (Å²) in [6, 6.07) is 11.1. The van der Waals surface area contributed by atoms with Crippen LogP contribution in [-0.4, -0.2) is 28.3 Å². The van der Waals surface area contributed by atoms with Crippen molar-refractivity contribution in [3.63, 3.8) is 0 Å². The van der Waals surface area contributed by atoms with Crippen LogP contribution in [0.2, 0.25) is 0 Å². The fourth-order valence-corrected chi connectivity index (χ4v) is 2.79. The third-order valence-corrected chi connectivity index (χ3v) is 4.48. The Morgan fingerprint density at radius 3 is 2.57 bits per heavy atom. The Balaban J connectivity index is 1.63. The van der Waals surface area contributed by atoms with E-state index in [2.05, 4.69) is 24.3 Å². The molecule has 1 amide bonds. The minimum atomic E-state index is -0.557. The molecule has 0 aliphatic carbocycles. The van der Waals surface area contributed by atoms with Crippen molar-refractivity contribution >= 4 is 17.7 Å². The molecular weight excluding hydrogens is 386 g/mol. The van der Waals surface area contributed by atoms with Crippen LogP contribution in [0.1, 0.15) is 58.9 Å². The molecule has 0 saturated carbocycles. The number of nitrogens with zero attached hydrogens (tertiary/aromatic N) is 2. The van der Waals surface area contributed by atoms with Gasteiger partial charge in [0.15, 0.2) is 5.76 Å². The molecule has 3 aromatic rings. The number of carbonyl (C=O) groups excluding carboxylic acids is 2. The lowest BCUT2D eigenvalue weighted by Crippen LogP contribution is -2.17. The minimum absolute atomic E-state index is 0.0970. The van der Waals surface area contributed by atoms with E-state index >= 15 is 0 Å². The Hall–Kier alpha value is -3.55. The Morgan fingerprint density at radius 2 is 1.90 bits per heavy atom. The third-order valence-electron chi connectivity index (χ3n) is 4.48. The highest BCUT2D eigenvalue weighted by Crippen LogP contribution is 2.21. The molecule has 0 bridgehead atoms. The van der Waals surface area contributed by atoms with Gasteiger partial charge in [-0.2, -0.15) is 5.10 Å². The van der Waals surface area contributed by atoms with E-state index in [4.69, 9.17) is 13.9 Å². The minimum Gasteiger partial charge on any atom is -0.486 e. The van der Waals surface area contributed by atoms with Crippen LogP contribution in [0.3, 0.4) is 0 Å². The smallest absolute Gasteiger partial charge is 0.343 e. The van der Waals surface area contributed by atoms with Crippen molar-refractivity contribution in [2.75, 3.05) is 11.9 Å². The normalized spacial score (nSPS) is 10.8. The van der Waals surface area contributed by atoms with Gasteiger partial charge in [0.05, 0.1) is 12.8 Å². The Kier molecular flexibility index (Phi) is 6.56. The van der Waals surface area contributed by atoms with E-state index in [1.165, 1.54) is 16.4 Å². The molecule has 1 N–H and O–H groups in total. The second-order valence-electron chi connectivity index (χ2n) is 6.98. The van der Waals surface area contributed by atoms with Gasteiger partial charge >= 0.3 is 5.97 Å². The molecule has 30 heavy (non-hydrogen) atoms. The second kappa shape index (κ2) is 9.30. The summed E-state index contributed by atoms with van der Waals surface area (Å²) in [5, 5.41) is 6.65. The number of furan rings is 1. The van der Waals surface area contributed by atoms with E-state index < -0.39 is 11.9 Å². The molecule has 0 aliphatic rings. The first-order valence-electron chi connectivity index (χ1n) is 9.71. The zero-order chi connectivity index (χ0) is 21.7. The summed E-state index contributed by atoms with van der Waals surface area (Å²) in [6.45, 7) is 6.38. The molecule has 3 rings (SSSR count). The molecule has 2 aromatic heterocycles. The van der Waals surface area contributed by atoms with Gasteiger partial charge in [0, 0.05) is 7.05 Å². The van der Waals surface area contributed by atoms with Crippen LogP contribution in [0.5, 0.6) is 5.75 Å². The quantitative estimate of drug-likeness (QED) is 0.560. The summed E-state index contributed by atoms with van der Waals surface area (Å²) in [5.74, 6) is 0.945. The number of benzene rings is 1. The Labute approximate surface area is 174 Å². The van der Waals surface area contributed by atoms with E-state index in [0.717, 1.165) is 5.75 Å². The van der Waals surface area contributed by atoms with Gasteiger partial charge in [-0.05, 0) is 42.7 Å². The van der Waals surface area contributed by atoms with Crippen molar-refractivity contribution in [1.29, 1.82) is 0 Å². The molecule has 0 aliphatic heterocycles. The lowest BCUT2D eigenvalue weighted by Gasteiger charge is -2.08. The summed E-state index contributed by atoms with van der Waals surface area (Å²) >= 11 is 0. The molecular formula is C22H25N3O5. The van der Waals surface area contributed by atoms with E-state index in [1.54, 1.807) is 26.1 Å². The van der Waals surface area contributed by atoms with Crippen LogP contribution in [0.25, 0.3) is 0 Å². The number of aromatic nitrogens is 2. The number of hydrogen-bond donors (Lipinski definition) is 1. The van der Waals surface area contributed by atoms with Crippen molar-refractivity contribution in [2.45, 2.75) is 33.3 Å². The van der Waals surface area contributed by atoms with Gasteiger partial charge in [0.1, 0.15) is 29.5 Å². The van der Waals surface area contributed by atoms with E-state index in [-0.39, 0.29) is 30.4 Å². The average Bonchev–Trinajstić information content (AvgIpc) is 3.34. The predicted octanol–water partition coefficient (Wildman–Crippen LogP) is 4.14. The maximum atomic E-state index is 12.5. The van der Waals surface area contributed by atoms with Gasteiger partial charge in [-0.3, -0.25) is 9.48 Å². The number of aryl methyl sites for hydroxylation is 1. The van der Waals surface area contributed by atoms with Crippen LogP contribution < -0.4 is 10.1 Å². The van der Waals surface area contributed by atoms with E-state index in [9.17, 15) is 9.59 Å². The third kappa shape index (κ3) is 4.89. The number of rotatable bonds is 8. The summed E-state index contributed by atoms with van der Waals surface area (Å²) in [4.78, 5) is 24.6. The van der Waals surface area contributed by atoms with Gasteiger partial charge in [0.25, 0.3) is 5.91 Å². The maximum absolute atomic E-state index is 12.5. The first kappa shape index (κ1) is 21.2. The monoisotopic (exact) mass is 411 g/mol. The summed E-state index contributed by atoms with van der Waals surface area (Å²) in [7, 11) is 1.62. The molecule has 0 atom stereocenters. The van der Waals surface area contributed by atoms with Crippen molar-refractivity contribution in [3.05, 3.63) is 65.2 Å². The van der Waals surface area contributed by atoms with Gasteiger partial charge in [0.2, 0.25) is 0 Å². The number of esters is 1. The number of hydrogen-bond acceptors (Lipinski definition) is 6. The lowest BCUT2D eigenvalue weighted by atomic mass is 10.0. The highest BCUT2D eigenvalue weighted by Gasteiger charge is 2.21. The Morgan fingerprint density at radius 1 is 1.17 bits per heavy atom. The molecule has 8 nitrogen and oxygen atoms in total. The lowest BCUT2D eigenvalue weighted by molar-refractivity contribution is 0.0527. The SMILES string of the molecule is CCOC(=O)c1cnn(C)c1NC(=O)c1ccc(COc2ccc(C(C)C)cc2)o1. The molecule has 8 heteroatoms. The van der Waals surface area contributed by atoms with Crippen LogP contribution in [0.4, 0.5) is 5.82 Å². The Bertz CT molecular complexity index is 1020. The van der Waals surface area contributed by atoms with Crippen LogP contribution in [0, 0.1) is 0 Å². The summed E-state index contributed by atoms with van der Waals surface area (Å²) in [5.41, 5.74) is 1.41. The van der Waals surface area contributed by atoms with Gasteiger partial charge in [-0.25, -0.2) is 4.79 Å². The molecule has 0 fully saturated rings. The van der Waals surface area contributed by atoms with Crippen molar-refractivity contribution in [1.82, 2.24) is 9.78 Å². The second-order valence-corrected chi connectivity index (χ2v) is 6.98. The van der Waals surface area contributed by atoms with E-state index in [0.29, 0.717) is 11.7 Å². The zero-order valence-corrected chi connectivity index (χ0v) is 17.5. The van der Waals surface area contributed by atoms with Crippen molar-refractivity contribution in [3.8, 4) is 5.75 Å². The standard InChI is InChI=1S/C22H25N3O5/c1-5-28-22(27)18-12-23-25(4)20(18)24-21(26)19-11-10-17(30-19)13-29-16-8-6-15(7-9-16)14(2)3/h6-12,14H,5,13H2,1-4H3,(H,24,26). The average molecular weight is 411 g/mol. The van der Waals surface area contributed by atoms with Crippen molar-refractivity contribution in [2.24, 2.45) is 7.05 Å². The van der Waals surface area contributed by atoms with Crippen LogP contribution in [-0.2, 0) is 18.4 Å². The number of carbonyl (C=O) groups is 2. The first-order chi connectivity index (χ1) is 14.4. The topological polar surface area (TPSA) is 95.6 Å². The maximum Gasteiger partial charge on any atom is 0.343 e. The molecule has 0 saturated heterocycles. The molecule has 0 radical (unpaired) electrons. The van der Waals surface area contributed by atoms with E-state index in [1.807, 2.05) is 24.3 Å². The van der Waals surface area contributed by atoms with Crippen LogP contribution >= 0.6 is 0 Å². The fraction of sp³-hybridized carbons (Fsp3) is 0.318. The van der Waals surface area contributed by atoms with Gasteiger partial charge in [-0.15, -0.1) is 0 Å². The number of nitrogens with one attached hydrogen (secondary N) is 1. The number of anilines is 1. The summed E-state index contributed by atoms with van der Waals surface area (Å²) in [6.07, 6.45) is 1.35. The summed E-state index contributed by atoms with van der Waals surface area (Å²) < 4.78 is 17.7. The van der Waals surface area contributed by atoms with Gasteiger partial charge < -0.3 is 19.2 Å². The zero-order valence-electron chi connectivity index (χ0n) is 17.5. The molecule has 0 unspecified atom stereocenters. The largest absolute Gasteiger partial charge is 0.486 e. The highest BCUT2D eigenvalue weighted by atomic mass is 16.5. The molecule has 0 spiro atoms. The van der Waals surface area contributed by atoms with Crippen LogP contribution in [0.15, 0.2) is 47.0 Å². The molecule has 1 aromatic carbocycles. The number of amides is 1. The fourth-order valence-electron chi connectivity index (χ4n) is 2.79. The van der Waals surface area contributed by atoms with Gasteiger partial charge in [-0.1, -0.05) is 26.0 Å². The molecule has 158 valence electrons. The number of ether oxygens (including phenoxy) is 2. The first-order valence-corrected chi connectivity index (χ1v) is 9.71.